The van der Waals surface area contributed by atoms with Crippen LogP contribution in [0.3, 0.4) is 0 Å². The van der Waals surface area contributed by atoms with Crippen LogP contribution in [0.1, 0.15) is 18.1 Å². The molecular weight excluding hydrogens is 366 g/mol. The predicted molar refractivity (Wildman–Crippen MR) is 110 cm³/mol. The third-order valence-corrected chi connectivity index (χ3v) is 4.64. The highest BCUT2D eigenvalue weighted by molar-refractivity contribution is 5.90. The average molecular weight is 387 g/mol. The number of nitrogens with zero attached hydrogens (tertiary/aromatic N) is 4. The molecule has 0 saturated carbocycles. The largest absolute Gasteiger partial charge is 0.334 e. The predicted octanol–water partition coefficient (Wildman–Crippen LogP) is 4.11. The minimum absolute atomic E-state index is 0.132. The van der Waals surface area contributed by atoms with Crippen LogP contribution in [0.2, 0.25) is 0 Å². The van der Waals surface area contributed by atoms with Gasteiger partial charge in [-0.05, 0) is 42.7 Å². The van der Waals surface area contributed by atoms with Crippen LogP contribution in [0.5, 0.6) is 0 Å². The third-order valence-electron chi connectivity index (χ3n) is 4.64. The second-order valence-electron chi connectivity index (χ2n) is 6.77. The Morgan fingerprint density at radius 3 is 2.69 bits per heavy atom. The summed E-state index contributed by atoms with van der Waals surface area (Å²) in [5, 5.41) is 6.90. The van der Waals surface area contributed by atoms with Crippen LogP contribution in [0.25, 0.3) is 23.0 Å². The molecule has 0 atom stereocenters. The van der Waals surface area contributed by atoms with Gasteiger partial charge in [-0.1, -0.05) is 42.4 Å². The molecule has 4 rings (SSSR count). The second kappa shape index (κ2) is 8.10. The van der Waals surface area contributed by atoms with Gasteiger partial charge < -0.3 is 14.4 Å². The summed E-state index contributed by atoms with van der Waals surface area (Å²) in [4.78, 5) is 21.0. The lowest BCUT2D eigenvalue weighted by atomic mass is 10.1. The first-order chi connectivity index (χ1) is 14.1. The summed E-state index contributed by atoms with van der Waals surface area (Å²) in [6.45, 7) is 4.23. The Labute approximate surface area is 168 Å². The molecule has 0 spiro atoms. The Kier molecular flexibility index (Phi) is 5.20. The van der Waals surface area contributed by atoms with E-state index >= 15 is 0 Å². The van der Waals surface area contributed by atoms with E-state index in [2.05, 4.69) is 27.4 Å². The Morgan fingerprint density at radius 2 is 1.93 bits per heavy atom. The van der Waals surface area contributed by atoms with Crippen molar-refractivity contribution >= 4 is 11.6 Å². The third kappa shape index (κ3) is 4.24. The topological polar surface area (TPSA) is 85.8 Å². The van der Waals surface area contributed by atoms with E-state index in [1.165, 1.54) is 5.56 Å². The van der Waals surface area contributed by atoms with Crippen molar-refractivity contribution < 1.29 is 9.32 Å². The molecule has 2 heterocycles. The van der Waals surface area contributed by atoms with Crippen LogP contribution >= 0.6 is 0 Å². The summed E-state index contributed by atoms with van der Waals surface area (Å²) < 4.78 is 7.07. The summed E-state index contributed by atoms with van der Waals surface area (Å²) in [5.41, 5.74) is 4.49. The normalized spacial score (nSPS) is 10.8. The zero-order chi connectivity index (χ0) is 20.2. The number of aromatic nitrogens is 4. The highest BCUT2D eigenvalue weighted by Crippen LogP contribution is 2.23. The van der Waals surface area contributed by atoms with Crippen LogP contribution in [-0.4, -0.2) is 25.6 Å². The number of carbonyl (C=O) groups is 1. The van der Waals surface area contributed by atoms with E-state index in [0.717, 1.165) is 23.2 Å². The lowest BCUT2D eigenvalue weighted by molar-refractivity contribution is -0.116. The zero-order valence-electron chi connectivity index (χ0n) is 16.3. The van der Waals surface area contributed by atoms with Gasteiger partial charge in [0.2, 0.25) is 11.7 Å². The molecule has 29 heavy (non-hydrogen) atoms. The van der Waals surface area contributed by atoms with Gasteiger partial charge in [-0.3, -0.25) is 4.79 Å². The number of rotatable bonds is 6. The van der Waals surface area contributed by atoms with Crippen LogP contribution in [0, 0.1) is 6.92 Å². The quantitative estimate of drug-likeness (QED) is 0.538. The van der Waals surface area contributed by atoms with E-state index in [-0.39, 0.29) is 12.5 Å². The molecule has 0 aliphatic heterocycles. The number of benzene rings is 2. The van der Waals surface area contributed by atoms with Crippen molar-refractivity contribution in [1.82, 2.24) is 19.7 Å². The molecule has 0 fully saturated rings. The van der Waals surface area contributed by atoms with Gasteiger partial charge in [0, 0.05) is 17.4 Å². The number of amides is 1. The van der Waals surface area contributed by atoms with Crippen LogP contribution in [-0.2, 0) is 17.8 Å². The van der Waals surface area contributed by atoms with Gasteiger partial charge in [-0.15, -0.1) is 0 Å². The van der Waals surface area contributed by atoms with Crippen molar-refractivity contribution in [3.05, 3.63) is 72.2 Å². The molecule has 2 aromatic carbocycles. The summed E-state index contributed by atoms with van der Waals surface area (Å²) in [7, 11) is 0. The maximum absolute atomic E-state index is 12.3. The Hall–Kier alpha value is -3.74. The van der Waals surface area contributed by atoms with Gasteiger partial charge >= 0.3 is 0 Å². The first-order valence-electron chi connectivity index (χ1n) is 9.43. The maximum atomic E-state index is 12.3. The number of hydrogen-bond acceptors (Lipinski definition) is 5. The SMILES string of the molecule is CCc1ccc(NC(=O)Cn2cnc(-c3noc(-c4ccccc4C)n3)c2)cc1. The van der Waals surface area contributed by atoms with Crippen molar-refractivity contribution in [2.45, 2.75) is 26.8 Å². The minimum Gasteiger partial charge on any atom is -0.334 e. The lowest BCUT2D eigenvalue weighted by Gasteiger charge is -2.06. The van der Waals surface area contributed by atoms with Crippen molar-refractivity contribution in [1.29, 1.82) is 0 Å². The molecule has 2 aromatic heterocycles. The van der Waals surface area contributed by atoms with Crippen molar-refractivity contribution in [2.24, 2.45) is 0 Å². The molecule has 0 aliphatic rings. The molecule has 0 bridgehead atoms. The summed E-state index contributed by atoms with van der Waals surface area (Å²) >= 11 is 0. The number of anilines is 1. The van der Waals surface area contributed by atoms with E-state index in [4.69, 9.17) is 4.52 Å². The first-order valence-corrected chi connectivity index (χ1v) is 9.43. The molecule has 1 amide bonds. The maximum Gasteiger partial charge on any atom is 0.258 e. The fourth-order valence-electron chi connectivity index (χ4n) is 3.00. The Bertz CT molecular complexity index is 1130. The summed E-state index contributed by atoms with van der Waals surface area (Å²) in [5.74, 6) is 0.699. The fraction of sp³-hybridized carbons (Fsp3) is 0.182. The Balaban J connectivity index is 1.43. The van der Waals surface area contributed by atoms with Crippen LogP contribution in [0.15, 0.2) is 65.6 Å². The van der Waals surface area contributed by atoms with Crippen LogP contribution < -0.4 is 5.32 Å². The molecule has 7 nitrogen and oxygen atoms in total. The van der Waals surface area contributed by atoms with Gasteiger partial charge in [-0.2, -0.15) is 4.98 Å². The number of nitrogens with one attached hydrogen (secondary N) is 1. The Morgan fingerprint density at radius 1 is 1.14 bits per heavy atom. The molecule has 146 valence electrons. The molecule has 4 aromatic rings. The molecular formula is C22H21N5O2. The zero-order valence-corrected chi connectivity index (χ0v) is 16.3. The lowest BCUT2D eigenvalue weighted by Crippen LogP contribution is -2.17. The van der Waals surface area contributed by atoms with Crippen molar-refractivity contribution in [2.75, 3.05) is 5.32 Å². The van der Waals surface area contributed by atoms with E-state index in [0.29, 0.717) is 17.4 Å². The fourth-order valence-corrected chi connectivity index (χ4v) is 3.00. The smallest absolute Gasteiger partial charge is 0.258 e. The molecule has 7 heteroatoms. The van der Waals surface area contributed by atoms with Gasteiger partial charge in [0.25, 0.3) is 5.89 Å². The second-order valence-corrected chi connectivity index (χ2v) is 6.77. The summed E-state index contributed by atoms with van der Waals surface area (Å²) in [6.07, 6.45) is 4.28. The van der Waals surface area contributed by atoms with Gasteiger partial charge in [0.05, 0.1) is 6.33 Å². The molecule has 0 unspecified atom stereocenters. The summed E-state index contributed by atoms with van der Waals surface area (Å²) in [6, 6.07) is 15.6. The van der Waals surface area contributed by atoms with Gasteiger partial charge in [0.15, 0.2) is 0 Å². The van der Waals surface area contributed by atoms with Crippen LogP contribution in [0.4, 0.5) is 5.69 Å². The van der Waals surface area contributed by atoms with Crippen molar-refractivity contribution in [3.8, 4) is 23.0 Å². The molecule has 0 saturated heterocycles. The highest BCUT2D eigenvalue weighted by atomic mass is 16.5. The minimum atomic E-state index is -0.132. The van der Waals surface area contributed by atoms with E-state index in [1.54, 1.807) is 17.1 Å². The molecule has 1 N–H and O–H groups in total. The highest BCUT2D eigenvalue weighted by Gasteiger charge is 2.15. The number of carbonyl (C=O) groups excluding carboxylic acids is 1. The van der Waals surface area contributed by atoms with E-state index in [9.17, 15) is 4.79 Å². The average Bonchev–Trinajstić information content (AvgIpc) is 3.38. The number of imidazole rings is 1. The van der Waals surface area contributed by atoms with Gasteiger partial charge in [0.1, 0.15) is 12.2 Å². The standard InChI is InChI=1S/C22H21N5O2/c1-3-16-8-10-17(11-9-16)24-20(28)13-27-12-19(23-14-27)21-25-22(29-26-21)18-7-5-4-6-15(18)2/h4-12,14H,3,13H2,1-2H3,(H,24,28). The number of aryl methyl sites for hydroxylation is 2. The molecule has 0 aliphatic carbocycles. The van der Waals surface area contributed by atoms with E-state index in [1.807, 2.05) is 55.5 Å². The molecule has 0 radical (unpaired) electrons. The monoisotopic (exact) mass is 387 g/mol. The van der Waals surface area contributed by atoms with E-state index < -0.39 is 0 Å². The van der Waals surface area contributed by atoms with Crippen molar-refractivity contribution in [3.63, 3.8) is 0 Å². The first kappa shape index (κ1) is 18.6. The number of hydrogen-bond donors (Lipinski definition) is 1. The van der Waals surface area contributed by atoms with Gasteiger partial charge in [-0.25, -0.2) is 4.98 Å².